The topological polar surface area (TPSA) is 52.6 Å². The Morgan fingerprint density at radius 3 is 2.57 bits per heavy atom. The summed E-state index contributed by atoms with van der Waals surface area (Å²) in [6.07, 6.45) is 4.61. The molecule has 0 radical (unpaired) electrons. The smallest absolute Gasteiger partial charge is 0.203 e. The highest BCUT2D eigenvalue weighted by Crippen LogP contribution is 2.45. The van der Waals surface area contributed by atoms with Crippen molar-refractivity contribution >= 4 is 11.3 Å². The number of hydrogen-bond donors (Lipinski definition) is 1. The first-order valence-electron chi connectivity index (χ1n) is 7.71. The monoisotopic (exact) mass is 334 g/mol. The lowest BCUT2D eigenvalue weighted by atomic mass is 10.1. The van der Waals surface area contributed by atoms with Crippen LogP contribution < -0.4 is 19.5 Å². The van der Waals surface area contributed by atoms with E-state index in [2.05, 4.69) is 10.3 Å². The van der Waals surface area contributed by atoms with Crippen molar-refractivity contribution in [3.05, 3.63) is 23.3 Å². The lowest BCUT2D eigenvalue weighted by Gasteiger charge is -2.14. The second-order valence-electron chi connectivity index (χ2n) is 5.57. The van der Waals surface area contributed by atoms with E-state index in [-0.39, 0.29) is 0 Å². The Bertz CT molecular complexity index is 668. The van der Waals surface area contributed by atoms with Gasteiger partial charge in [0.2, 0.25) is 5.75 Å². The van der Waals surface area contributed by atoms with E-state index < -0.39 is 0 Å². The number of nitrogens with zero attached hydrogens (tertiary/aromatic N) is 1. The Morgan fingerprint density at radius 1 is 1.13 bits per heavy atom. The molecule has 124 valence electrons. The summed E-state index contributed by atoms with van der Waals surface area (Å²) in [7, 11) is 4.87. The minimum atomic E-state index is 0.606. The number of ether oxygens (including phenoxy) is 3. The Balaban J connectivity index is 1.81. The number of hydrogen-bond acceptors (Lipinski definition) is 6. The minimum absolute atomic E-state index is 0.606. The molecule has 1 saturated carbocycles. The van der Waals surface area contributed by atoms with Gasteiger partial charge in [0.1, 0.15) is 5.01 Å². The van der Waals surface area contributed by atoms with Crippen molar-refractivity contribution in [2.24, 2.45) is 5.92 Å². The fraction of sp³-hybridized carbons (Fsp3) is 0.471. The highest BCUT2D eigenvalue weighted by Gasteiger charge is 2.21. The molecule has 2 aromatic rings. The van der Waals surface area contributed by atoms with Crippen LogP contribution in [0.3, 0.4) is 0 Å². The molecule has 1 heterocycles. The third kappa shape index (κ3) is 3.59. The van der Waals surface area contributed by atoms with Gasteiger partial charge in [0.25, 0.3) is 0 Å². The number of aromatic nitrogens is 1. The van der Waals surface area contributed by atoms with Gasteiger partial charge in [-0.3, -0.25) is 0 Å². The van der Waals surface area contributed by atoms with Gasteiger partial charge in [-0.1, -0.05) is 0 Å². The number of thiazole rings is 1. The summed E-state index contributed by atoms with van der Waals surface area (Å²) in [5, 5.41) is 4.55. The average Bonchev–Trinajstić information content (AvgIpc) is 3.29. The molecule has 0 amide bonds. The molecule has 0 bridgehead atoms. The van der Waals surface area contributed by atoms with E-state index in [0.717, 1.165) is 34.5 Å². The molecular weight excluding hydrogens is 312 g/mol. The first kappa shape index (κ1) is 16.1. The van der Waals surface area contributed by atoms with E-state index >= 15 is 0 Å². The Morgan fingerprint density at radius 2 is 1.91 bits per heavy atom. The molecule has 1 fully saturated rings. The van der Waals surface area contributed by atoms with E-state index in [9.17, 15) is 0 Å². The fourth-order valence-electron chi connectivity index (χ4n) is 2.52. The van der Waals surface area contributed by atoms with Crippen LogP contribution in [0.5, 0.6) is 17.2 Å². The zero-order valence-electron chi connectivity index (χ0n) is 13.7. The fourth-order valence-corrected chi connectivity index (χ4v) is 3.43. The third-order valence-electron chi connectivity index (χ3n) is 3.93. The van der Waals surface area contributed by atoms with Gasteiger partial charge in [0.05, 0.1) is 26.2 Å². The molecule has 1 N–H and O–H groups in total. The maximum absolute atomic E-state index is 5.55. The first-order chi connectivity index (χ1) is 11.3. The maximum atomic E-state index is 5.55. The number of rotatable bonds is 8. The van der Waals surface area contributed by atoms with Gasteiger partial charge >= 0.3 is 0 Å². The quantitative estimate of drug-likeness (QED) is 0.802. The third-order valence-corrected chi connectivity index (χ3v) is 4.96. The largest absolute Gasteiger partial charge is 0.493 e. The SMILES string of the molecule is COc1ccc(-c2cnc(CNCC3CC3)s2)c(OC)c1OC. The van der Waals surface area contributed by atoms with E-state index in [1.807, 2.05) is 18.3 Å². The summed E-state index contributed by atoms with van der Waals surface area (Å²) < 4.78 is 16.3. The van der Waals surface area contributed by atoms with Gasteiger partial charge in [-0.05, 0) is 37.4 Å². The van der Waals surface area contributed by atoms with Crippen molar-refractivity contribution < 1.29 is 14.2 Å². The van der Waals surface area contributed by atoms with Crippen LogP contribution in [0, 0.1) is 5.92 Å². The molecule has 0 atom stereocenters. The van der Waals surface area contributed by atoms with Crippen molar-refractivity contribution in [2.45, 2.75) is 19.4 Å². The summed E-state index contributed by atoms with van der Waals surface area (Å²) in [4.78, 5) is 5.57. The number of benzene rings is 1. The second kappa shape index (κ2) is 7.19. The average molecular weight is 334 g/mol. The summed E-state index contributed by atoms with van der Waals surface area (Å²) >= 11 is 1.67. The molecule has 0 saturated heterocycles. The Labute approximate surface area is 140 Å². The van der Waals surface area contributed by atoms with Crippen molar-refractivity contribution in [3.8, 4) is 27.7 Å². The Hall–Kier alpha value is -1.79. The van der Waals surface area contributed by atoms with Gasteiger partial charge in [0, 0.05) is 18.3 Å². The van der Waals surface area contributed by atoms with Gasteiger partial charge in [-0.2, -0.15) is 0 Å². The highest BCUT2D eigenvalue weighted by atomic mass is 32.1. The standard InChI is InChI=1S/C17H22N2O3S/c1-20-13-7-6-12(16(21-2)17(13)22-3)14-9-19-15(23-14)10-18-8-11-4-5-11/h6-7,9,11,18H,4-5,8,10H2,1-3H3. The zero-order valence-corrected chi connectivity index (χ0v) is 14.5. The van der Waals surface area contributed by atoms with Crippen molar-refractivity contribution in [1.29, 1.82) is 0 Å². The Kier molecular flexibility index (Phi) is 5.03. The molecular formula is C17H22N2O3S. The minimum Gasteiger partial charge on any atom is -0.493 e. The van der Waals surface area contributed by atoms with Crippen LogP contribution >= 0.6 is 11.3 Å². The van der Waals surface area contributed by atoms with Crippen molar-refractivity contribution in [1.82, 2.24) is 10.3 Å². The van der Waals surface area contributed by atoms with Crippen LogP contribution in [0.1, 0.15) is 17.8 Å². The van der Waals surface area contributed by atoms with Crippen molar-refractivity contribution in [3.63, 3.8) is 0 Å². The lowest BCUT2D eigenvalue weighted by molar-refractivity contribution is 0.325. The van der Waals surface area contributed by atoms with E-state index in [1.165, 1.54) is 12.8 Å². The molecule has 5 nitrogen and oxygen atoms in total. The number of nitrogens with one attached hydrogen (secondary N) is 1. The summed E-state index contributed by atoms with van der Waals surface area (Å²) in [6, 6.07) is 3.87. The summed E-state index contributed by atoms with van der Waals surface area (Å²) in [5.41, 5.74) is 0.969. The van der Waals surface area contributed by atoms with E-state index in [4.69, 9.17) is 14.2 Å². The summed E-state index contributed by atoms with van der Waals surface area (Å²) in [6.45, 7) is 1.91. The molecule has 0 aliphatic heterocycles. The van der Waals surface area contributed by atoms with Crippen LogP contribution in [-0.2, 0) is 6.54 Å². The molecule has 1 aliphatic carbocycles. The van der Waals surface area contributed by atoms with Crippen molar-refractivity contribution in [2.75, 3.05) is 27.9 Å². The predicted octanol–water partition coefficient (Wildman–Crippen LogP) is 3.34. The second-order valence-corrected chi connectivity index (χ2v) is 6.69. The van der Waals surface area contributed by atoms with Gasteiger partial charge < -0.3 is 19.5 Å². The molecule has 0 spiro atoms. The molecule has 1 aromatic heterocycles. The predicted molar refractivity (Wildman–Crippen MR) is 91.6 cm³/mol. The van der Waals surface area contributed by atoms with Crippen LogP contribution in [0.4, 0.5) is 0 Å². The van der Waals surface area contributed by atoms with E-state index in [0.29, 0.717) is 17.2 Å². The lowest BCUT2D eigenvalue weighted by Crippen LogP contribution is -2.15. The molecule has 23 heavy (non-hydrogen) atoms. The molecule has 6 heteroatoms. The highest BCUT2D eigenvalue weighted by molar-refractivity contribution is 7.15. The van der Waals surface area contributed by atoms with Crippen LogP contribution in [0.15, 0.2) is 18.3 Å². The van der Waals surface area contributed by atoms with Gasteiger partial charge in [0.15, 0.2) is 11.5 Å². The summed E-state index contributed by atoms with van der Waals surface area (Å²) in [5.74, 6) is 2.81. The number of methoxy groups -OCH3 is 3. The van der Waals surface area contributed by atoms with Crippen LogP contribution in [-0.4, -0.2) is 32.9 Å². The molecule has 0 unspecified atom stereocenters. The maximum Gasteiger partial charge on any atom is 0.203 e. The van der Waals surface area contributed by atoms with E-state index in [1.54, 1.807) is 32.7 Å². The molecule has 1 aromatic carbocycles. The zero-order chi connectivity index (χ0) is 16.2. The normalized spacial score (nSPS) is 13.9. The van der Waals surface area contributed by atoms with Crippen LogP contribution in [0.25, 0.3) is 10.4 Å². The first-order valence-corrected chi connectivity index (χ1v) is 8.53. The van der Waals surface area contributed by atoms with Gasteiger partial charge in [-0.25, -0.2) is 4.98 Å². The van der Waals surface area contributed by atoms with Gasteiger partial charge in [-0.15, -0.1) is 11.3 Å². The van der Waals surface area contributed by atoms with Crippen LogP contribution in [0.2, 0.25) is 0 Å². The molecule has 1 aliphatic rings. The molecule has 3 rings (SSSR count).